The molecule has 0 unspecified atom stereocenters. The lowest BCUT2D eigenvalue weighted by molar-refractivity contribution is -0.387. The van der Waals surface area contributed by atoms with Crippen LogP contribution in [-0.2, 0) is 6.42 Å². The van der Waals surface area contributed by atoms with E-state index in [2.05, 4.69) is 0 Å². The van der Waals surface area contributed by atoms with Crippen LogP contribution in [0.2, 0.25) is 0 Å². The zero-order chi connectivity index (χ0) is 15.4. The van der Waals surface area contributed by atoms with Gasteiger partial charge in [-0.1, -0.05) is 0 Å². The van der Waals surface area contributed by atoms with Crippen LogP contribution in [-0.4, -0.2) is 60.2 Å². The lowest BCUT2D eigenvalue weighted by Crippen LogP contribution is -2.41. The van der Waals surface area contributed by atoms with Gasteiger partial charge in [0.25, 0.3) is 0 Å². The summed E-state index contributed by atoms with van der Waals surface area (Å²) in [6.45, 7) is -0.841. The third-order valence-electron chi connectivity index (χ3n) is 2.56. The highest BCUT2D eigenvalue weighted by molar-refractivity contribution is 5.32. The summed E-state index contributed by atoms with van der Waals surface area (Å²) in [5.41, 5.74) is -3.74. The Kier molecular flexibility index (Phi) is 5.10. The van der Waals surface area contributed by atoms with E-state index in [1.54, 1.807) is 4.98 Å². The van der Waals surface area contributed by atoms with Crippen molar-refractivity contribution in [2.45, 2.75) is 24.7 Å². The Bertz CT molecular complexity index is 594. The molecule has 0 aliphatic heterocycles. The first-order valence-corrected chi connectivity index (χ1v) is 5.42. The molecule has 6 N–H and O–H groups in total. The van der Waals surface area contributed by atoms with Crippen molar-refractivity contribution in [1.29, 1.82) is 0 Å². The van der Waals surface area contributed by atoms with Crippen molar-refractivity contribution in [3.8, 4) is 0 Å². The summed E-state index contributed by atoms with van der Waals surface area (Å²) in [6.07, 6.45) is -5.86. The van der Waals surface area contributed by atoms with Crippen LogP contribution in [0.1, 0.15) is 5.69 Å². The molecule has 1 heterocycles. The molecule has 11 nitrogen and oxygen atoms in total. The number of hydrogen-bond donors (Lipinski definition) is 6. The Morgan fingerprint density at radius 1 is 1.15 bits per heavy atom. The molecule has 0 saturated carbocycles. The maximum Gasteiger partial charge on any atom is 0.353 e. The molecule has 0 radical (unpaired) electrons. The van der Waals surface area contributed by atoms with Crippen LogP contribution in [0.5, 0.6) is 0 Å². The smallest absolute Gasteiger partial charge is 0.353 e. The zero-order valence-corrected chi connectivity index (χ0v) is 10.0. The number of aromatic nitrogens is 2. The van der Waals surface area contributed by atoms with Gasteiger partial charge in [0.2, 0.25) is 0 Å². The molecule has 0 spiro atoms. The van der Waals surface area contributed by atoms with Crippen LogP contribution in [0.25, 0.3) is 0 Å². The second-order valence-corrected chi connectivity index (χ2v) is 4.00. The minimum absolute atomic E-state index is 0.500. The molecule has 0 aliphatic rings. The normalized spacial score (nSPS) is 15.6. The molecule has 20 heavy (non-hydrogen) atoms. The van der Waals surface area contributed by atoms with Crippen molar-refractivity contribution >= 4 is 5.69 Å². The predicted octanol–water partition coefficient (Wildman–Crippen LogP) is -3.41. The van der Waals surface area contributed by atoms with E-state index in [0.29, 0.717) is 0 Å². The number of aliphatic hydroxyl groups excluding tert-OH is 4. The van der Waals surface area contributed by atoms with Crippen molar-refractivity contribution in [1.82, 2.24) is 9.97 Å². The fraction of sp³-hybridized carbons (Fsp3) is 0.556. The van der Waals surface area contributed by atoms with E-state index in [-0.39, 0.29) is 0 Å². The largest absolute Gasteiger partial charge is 0.394 e. The Balaban J connectivity index is 3.12. The second kappa shape index (κ2) is 6.38. The molecule has 0 saturated heterocycles. The molecule has 0 aromatic carbocycles. The Morgan fingerprint density at radius 2 is 1.75 bits per heavy atom. The van der Waals surface area contributed by atoms with E-state index in [0.717, 1.165) is 0 Å². The summed E-state index contributed by atoms with van der Waals surface area (Å²) in [5.74, 6) is 0. The standard InChI is InChI=1S/C9H13N3O8/c13-2-5(15)7(16)4(14)1-3-6(12(19)20)8(17)11-9(18)10-3/h4-5,7,13-16H,1-2H2,(H2,10,11,17,18)/t4-,5-,7-/m1/s1. The molecule has 11 heteroatoms. The minimum atomic E-state index is -1.80. The maximum absolute atomic E-state index is 11.3. The minimum Gasteiger partial charge on any atom is -0.394 e. The third-order valence-corrected chi connectivity index (χ3v) is 2.56. The van der Waals surface area contributed by atoms with Gasteiger partial charge in [-0.05, 0) is 0 Å². The van der Waals surface area contributed by atoms with E-state index in [1.807, 2.05) is 4.98 Å². The van der Waals surface area contributed by atoms with Gasteiger partial charge in [0.1, 0.15) is 17.9 Å². The van der Waals surface area contributed by atoms with Crippen LogP contribution in [0.15, 0.2) is 9.59 Å². The molecule has 0 fully saturated rings. The van der Waals surface area contributed by atoms with Crippen LogP contribution >= 0.6 is 0 Å². The fourth-order valence-corrected chi connectivity index (χ4v) is 1.56. The molecular formula is C9H13N3O8. The van der Waals surface area contributed by atoms with Crippen LogP contribution in [0, 0.1) is 10.1 Å². The summed E-state index contributed by atoms with van der Waals surface area (Å²) < 4.78 is 0. The molecule has 3 atom stereocenters. The number of nitrogens with one attached hydrogen (secondary N) is 2. The highest BCUT2D eigenvalue weighted by atomic mass is 16.6. The monoisotopic (exact) mass is 291 g/mol. The van der Waals surface area contributed by atoms with E-state index in [9.17, 15) is 29.9 Å². The first kappa shape index (κ1) is 16.0. The maximum atomic E-state index is 11.3. The van der Waals surface area contributed by atoms with Gasteiger partial charge in [-0.25, -0.2) is 4.79 Å². The summed E-state index contributed by atoms with van der Waals surface area (Å²) >= 11 is 0. The Labute approximate surface area is 110 Å². The molecular weight excluding hydrogens is 278 g/mol. The average Bonchev–Trinajstić information content (AvgIpc) is 2.35. The molecule has 1 aromatic rings. The molecule has 1 aromatic heterocycles. The number of aliphatic hydroxyl groups is 4. The molecule has 0 aliphatic carbocycles. The van der Waals surface area contributed by atoms with Crippen LogP contribution < -0.4 is 11.2 Å². The third kappa shape index (κ3) is 3.48. The number of hydrogen-bond acceptors (Lipinski definition) is 8. The fourth-order valence-electron chi connectivity index (χ4n) is 1.56. The Morgan fingerprint density at radius 3 is 2.25 bits per heavy atom. The van der Waals surface area contributed by atoms with Gasteiger partial charge >= 0.3 is 16.9 Å². The number of aromatic amines is 2. The lowest BCUT2D eigenvalue weighted by atomic mass is 10.0. The van der Waals surface area contributed by atoms with E-state index < -0.39 is 58.9 Å². The van der Waals surface area contributed by atoms with Gasteiger partial charge in [-0.3, -0.25) is 19.9 Å². The topological polar surface area (TPSA) is 190 Å². The van der Waals surface area contributed by atoms with E-state index >= 15 is 0 Å². The Hall–Kier alpha value is -2.08. The molecule has 1 rings (SSSR count). The number of rotatable bonds is 6. The van der Waals surface area contributed by atoms with E-state index in [4.69, 9.17) is 10.2 Å². The van der Waals surface area contributed by atoms with Gasteiger partial charge in [0.15, 0.2) is 0 Å². The van der Waals surface area contributed by atoms with Gasteiger partial charge in [0, 0.05) is 6.42 Å². The van der Waals surface area contributed by atoms with Gasteiger partial charge in [0.05, 0.1) is 17.6 Å². The van der Waals surface area contributed by atoms with Gasteiger partial charge < -0.3 is 25.4 Å². The summed E-state index contributed by atoms with van der Waals surface area (Å²) in [4.78, 5) is 35.7. The van der Waals surface area contributed by atoms with Gasteiger partial charge in [-0.15, -0.1) is 0 Å². The molecule has 0 amide bonds. The number of nitro groups is 1. The summed E-state index contributed by atoms with van der Waals surface area (Å²) in [5, 5.41) is 47.5. The van der Waals surface area contributed by atoms with Crippen molar-refractivity contribution in [3.05, 3.63) is 36.6 Å². The van der Waals surface area contributed by atoms with Crippen molar-refractivity contribution in [3.63, 3.8) is 0 Å². The SMILES string of the molecule is O=c1[nH]c(C[C@@H](O)[C@@H](O)[C@H](O)CO)c([N+](=O)[O-])c(=O)[nH]1. The lowest BCUT2D eigenvalue weighted by Gasteiger charge is -2.21. The first-order chi connectivity index (χ1) is 9.27. The van der Waals surface area contributed by atoms with E-state index in [1.165, 1.54) is 0 Å². The summed E-state index contributed by atoms with van der Waals surface area (Å²) in [6, 6.07) is 0. The number of nitrogens with zero attached hydrogens (tertiary/aromatic N) is 1. The van der Waals surface area contributed by atoms with Crippen molar-refractivity contribution < 1.29 is 25.3 Å². The van der Waals surface area contributed by atoms with Crippen molar-refractivity contribution in [2.75, 3.05) is 6.61 Å². The highest BCUT2D eigenvalue weighted by Gasteiger charge is 2.29. The average molecular weight is 291 g/mol. The first-order valence-electron chi connectivity index (χ1n) is 5.42. The highest BCUT2D eigenvalue weighted by Crippen LogP contribution is 2.13. The molecule has 112 valence electrons. The quantitative estimate of drug-likeness (QED) is 0.230. The summed E-state index contributed by atoms with van der Waals surface area (Å²) in [7, 11) is 0. The predicted molar refractivity (Wildman–Crippen MR) is 63.1 cm³/mol. The van der Waals surface area contributed by atoms with Crippen LogP contribution in [0.3, 0.4) is 0 Å². The molecule has 0 bridgehead atoms. The second-order valence-electron chi connectivity index (χ2n) is 4.00. The van der Waals surface area contributed by atoms with Gasteiger partial charge in [-0.2, -0.15) is 0 Å². The zero-order valence-electron chi connectivity index (χ0n) is 10.0. The van der Waals surface area contributed by atoms with Crippen LogP contribution in [0.4, 0.5) is 5.69 Å². The number of H-pyrrole nitrogens is 2. The van der Waals surface area contributed by atoms with Crippen molar-refractivity contribution in [2.24, 2.45) is 0 Å².